The lowest BCUT2D eigenvalue weighted by Crippen LogP contribution is -2.47. The average molecular weight is 496 g/mol. The van der Waals surface area contributed by atoms with Crippen molar-refractivity contribution in [1.29, 1.82) is 0 Å². The van der Waals surface area contributed by atoms with Gasteiger partial charge in [0.2, 0.25) is 11.8 Å². The highest BCUT2D eigenvalue weighted by molar-refractivity contribution is 5.86. The summed E-state index contributed by atoms with van der Waals surface area (Å²) >= 11 is 0. The molecule has 1 heterocycles. The van der Waals surface area contributed by atoms with Gasteiger partial charge in [-0.3, -0.25) is 9.59 Å². The molecule has 2 amide bonds. The third-order valence-corrected chi connectivity index (χ3v) is 7.56. The number of hydrogen-bond donors (Lipinski definition) is 0. The predicted octanol–water partition coefficient (Wildman–Crippen LogP) is 5.88. The number of methoxy groups -OCH3 is 1. The van der Waals surface area contributed by atoms with Crippen molar-refractivity contribution in [2.75, 3.05) is 20.2 Å². The summed E-state index contributed by atoms with van der Waals surface area (Å²) in [5.41, 5.74) is 2.24. The first kappa shape index (κ1) is 27.8. The Morgan fingerprint density at radius 2 is 1.89 bits per heavy atom. The largest absolute Gasteiger partial charge is 0.497 e. The molecular formula is C30H45N3O3. The number of ether oxygens (including phenoxy) is 1. The highest BCUT2D eigenvalue weighted by Gasteiger charge is 2.30. The van der Waals surface area contributed by atoms with Gasteiger partial charge >= 0.3 is 0 Å². The van der Waals surface area contributed by atoms with E-state index in [-0.39, 0.29) is 30.3 Å². The topological polar surface area (TPSA) is 54.8 Å². The molecule has 36 heavy (non-hydrogen) atoms. The van der Waals surface area contributed by atoms with Crippen molar-refractivity contribution in [2.45, 2.75) is 91.3 Å². The molecule has 1 aliphatic rings. The van der Waals surface area contributed by atoms with Crippen LogP contribution in [0.15, 0.2) is 42.6 Å². The smallest absolute Gasteiger partial charge is 0.242 e. The number of unbranched alkanes of at least 4 members (excludes halogenated alkanes) is 2. The fourth-order valence-electron chi connectivity index (χ4n) is 5.10. The van der Waals surface area contributed by atoms with E-state index in [1.807, 2.05) is 34.1 Å². The summed E-state index contributed by atoms with van der Waals surface area (Å²) in [7, 11) is 1.68. The number of hydrogen-bond acceptors (Lipinski definition) is 3. The summed E-state index contributed by atoms with van der Waals surface area (Å²) in [4.78, 5) is 30.8. The molecule has 1 aliphatic carbocycles. The lowest BCUT2D eigenvalue weighted by Gasteiger charge is -2.33. The van der Waals surface area contributed by atoms with Crippen molar-refractivity contribution in [1.82, 2.24) is 14.4 Å². The van der Waals surface area contributed by atoms with Crippen LogP contribution in [0, 0.1) is 5.92 Å². The number of carbonyl (C=O) groups is 2. The van der Waals surface area contributed by atoms with Crippen LogP contribution in [0.2, 0.25) is 0 Å². The number of nitrogens with zero attached hydrogens (tertiary/aromatic N) is 3. The van der Waals surface area contributed by atoms with E-state index in [9.17, 15) is 9.59 Å². The Bertz CT molecular complexity index is 964. The molecule has 1 aromatic heterocycles. The van der Waals surface area contributed by atoms with Gasteiger partial charge in [-0.05, 0) is 62.4 Å². The SMILES string of the molecule is CCCCCN(CC(=O)N(Cc1cccn1Cc1cccc(OC)c1)C(C)CC)C(=O)C1CCCC1. The van der Waals surface area contributed by atoms with Crippen LogP contribution in [-0.4, -0.2) is 52.4 Å². The first-order valence-electron chi connectivity index (χ1n) is 13.8. The van der Waals surface area contributed by atoms with Gasteiger partial charge in [-0.25, -0.2) is 0 Å². The van der Waals surface area contributed by atoms with E-state index in [4.69, 9.17) is 4.74 Å². The first-order chi connectivity index (χ1) is 17.5. The molecule has 2 aromatic rings. The van der Waals surface area contributed by atoms with Gasteiger partial charge in [0.1, 0.15) is 5.75 Å². The van der Waals surface area contributed by atoms with Gasteiger partial charge in [0.15, 0.2) is 0 Å². The molecule has 0 radical (unpaired) electrons. The molecule has 6 heteroatoms. The Balaban J connectivity index is 1.74. The minimum Gasteiger partial charge on any atom is -0.497 e. The molecule has 0 aliphatic heterocycles. The normalized spacial score (nSPS) is 14.6. The summed E-state index contributed by atoms with van der Waals surface area (Å²) in [5, 5.41) is 0. The number of amides is 2. The lowest BCUT2D eigenvalue weighted by atomic mass is 10.1. The quantitative estimate of drug-likeness (QED) is 0.308. The van der Waals surface area contributed by atoms with Gasteiger partial charge in [0.25, 0.3) is 0 Å². The van der Waals surface area contributed by atoms with Crippen LogP contribution in [0.3, 0.4) is 0 Å². The number of benzene rings is 1. The van der Waals surface area contributed by atoms with Crippen molar-refractivity contribution in [3.63, 3.8) is 0 Å². The Morgan fingerprint density at radius 3 is 2.58 bits per heavy atom. The summed E-state index contributed by atoms with van der Waals surface area (Å²) in [6.07, 6.45) is 10.2. The van der Waals surface area contributed by atoms with Crippen molar-refractivity contribution in [2.24, 2.45) is 5.92 Å². The van der Waals surface area contributed by atoms with E-state index >= 15 is 0 Å². The monoisotopic (exact) mass is 495 g/mol. The van der Waals surface area contributed by atoms with Crippen LogP contribution < -0.4 is 4.74 Å². The van der Waals surface area contributed by atoms with E-state index in [0.717, 1.165) is 68.4 Å². The fourth-order valence-corrected chi connectivity index (χ4v) is 5.10. The molecule has 6 nitrogen and oxygen atoms in total. The van der Waals surface area contributed by atoms with Crippen molar-refractivity contribution >= 4 is 11.8 Å². The summed E-state index contributed by atoms with van der Waals surface area (Å²) < 4.78 is 7.57. The van der Waals surface area contributed by atoms with Gasteiger partial charge in [0.05, 0.1) is 20.2 Å². The Morgan fingerprint density at radius 1 is 1.11 bits per heavy atom. The zero-order valence-corrected chi connectivity index (χ0v) is 22.7. The number of aromatic nitrogens is 1. The van der Waals surface area contributed by atoms with Gasteiger partial charge < -0.3 is 19.1 Å². The zero-order chi connectivity index (χ0) is 25.9. The summed E-state index contributed by atoms with van der Waals surface area (Å²) in [6, 6.07) is 12.3. The molecule has 0 bridgehead atoms. The van der Waals surface area contributed by atoms with Crippen LogP contribution in [-0.2, 0) is 22.7 Å². The standard InChI is InChI=1S/C30H45N3O3/c1-5-7-10-18-32(30(35)26-14-8-9-15-26)23-29(34)33(24(3)6-2)22-27-16-12-19-31(27)21-25-13-11-17-28(20-25)36-4/h11-13,16-17,19-20,24,26H,5-10,14-15,18,21-23H2,1-4H3. The Labute approximate surface area is 217 Å². The Hall–Kier alpha value is -2.76. The van der Waals surface area contributed by atoms with Gasteiger partial charge in [-0.1, -0.05) is 51.7 Å². The second kappa shape index (κ2) is 14.1. The second-order valence-corrected chi connectivity index (χ2v) is 10.2. The molecular weight excluding hydrogens is 450 g/mol. The van der Waals surface area contributed by atoms with Crippen molar-refractivity contribution in [3.05, 3.63) is 53.9 Å². The molecule has 0 N–H and O–H groups in total. The predicted molar refractivity (Wildman–Crippen MR) is 145 cm³/mol. The minimum atomic E-state index is 0.0429. The van der Waals surface area contributed by atoms with Gasteiger partial charge in [0, 0.05) is 36.9 Å². The van der Waals surface area contributed by atoms with Crippen LogP contribution >= 0.6 is 0 Å². The first-order valence-corrected chi connectivity index (χ1v) is 13.8. The van der Waals surface area contributed by atoms with E-state index in [1.54, 1.807) is 7.11 Å². The maximum Gasteiger partial charge on any atom is 0.242 e. The molecule has 1 fully saturated rings. The molecule has 1 aromatic carbocycles. The van der Waals surface area contributed by atoms with Crippen LogP contribution in [0.1, 0.15) is 83.4 Å². The fraction of sp³-hybridized carbons (Fsp3) is 0.600. The van der Waals surface area contributed by atoms with Gasteiger partial charge in [-0.15, -0.1) is 0 Å². The minimum absolute atomic E-state index is 0.0429. The summed E-state index contributed by atoms with van der Waals surface area (Å²) in [5.74, 6) is 1.16. The summed E-state index contributed by atoms with van der Waals surface area (Å²) in [6.45, 7) is 8.49. The van der Waals surface area contributed by atoms with E-state index in [0.29, 0.717) is 19.6 Å². The van der Waals surface area contributed by atoms with E-state index < -0.39 is 0 Å². The lowest BCUT2D eigenvalue weighted by molar-refractivity contribution is -0.144. The van der Waals surface area contributed by atoms with Crippen LogP contribution in [0.4, 0.5) is 0 Å². The highest BCUT2D eigenvalue weighted by atomic mass is 16.5. The molecule has 1 atom stereocenters. The van der Waals surface area contributed by atoms with E-state index in [2.05, 4.69) is 43.7 Å². The molecule has 3 rings (SSSR count). The van der Waals surface area contributed by atoms with Crippen LogP contribution in [0.25, 0.3) is 0 Å². The number of carbonyl (C=O) groups excluding carboxylic acids is 2. The molecule has 0 saturated heterocycles. The van der Waals surface area contributed by atoms with Crippen LogP contribution in [0.5, 0.6) is 5.75 Å². The highest BCUT2D eigenvalue weighted by Crippen LogP contribution is 2.27. The molecule has 0 spiro atoms. The third kappa shape index (κ3) is 7.62. The molecule has 1 unspecified atom stereocenters. The van der Waals surface area contributed by atoms with Crippen molar-refractivity contribution in [3.8, 4) is 5.75 Å². The molecule has 1 saturated carbocycles. The maximum atomic E-state index is 13.7. The maximum absolute atomic E-state index is 13.7. The molecule has 198 valence electrons. The Kier molecular flexibility index (Phi) is 10.9. The van der Waals surface area contributed by atoms with E-state index in [1.165, 1.54) is 0 Å². The zero-order valence-electron chi connectivity index (χ0n) is 22.7. The van der Waals surface area contributed by atoms with Crippen molar-refractivity contribution < 1.29 is 14.3 Å². The third-order valence-electron chi connectivity index (χ3n) is 7.56. The second-order valence-electron chi connectivity index (χ2n) is 10.2. The van der Waals surface area contributed by atoms with Gasteiger partial charge in [-0.2, -0.15) is 0 Å². The average Bonchev–Trinajstić information content (AvgIpc) is 3.58. The number of rotatable bonds is 14.